The van der Waals surface area contributed by atoms with E-state index in [-0.39, 0.29) is 48.9 Å². The zero-order valence-corrected chi connectivity index (χ0v) is 34.1. The Morgan fingerprint density at radius 3 is 1.79 bits per heavy atom. The number of aromatic amines is 2. The molecule has 2 fully saturated rings. The molecule has 4 heterocycles. The maximum absolute atomic E-state index is 13.7. The van der Waals surface area contributed by atoms with E-state index in [4.69, 9.17) is 19.4 Å². The van der Waals surface area contributed by atoms with Crippen LogP contribution in [0.2, 0.25) is 0 Å². The quantitative estimate of drug-likeness (QED) is 0.0998. The highest BCUT2D eigenvalue weighted by molar-refractivity contribution is 5.92. The van der Waals surface area contributed by atoms with E-state index >= 15 is 0 Å². The van der Waals surface area contributed by atoms with Gasteiger partial charge in [0.1, 0.15) is 23.7 Å². The monoisotopic (exact) mass is 790 g/mol. The Labute approximate surface area is 338 Å². The number of aromatic nitrogens is 4. The molecule has 3 aromatic carbocycles. The third kappa shape index (κ3) is 8.37. The van der Waals surface area contributed by atoms with E-state index < -0.39 is 24.3 Å². The van der Waals surface area contributed by atoms with E-state index in [1.165, 1.54) is 0 Å². The lowest BCUT2D eigenvalue weighted by Gasteiger charge is -2.30. The number of rotatable bonds is 12. The van der Waals surface area contributed by atoms with Crippen molar-refractivity contribution in [1.29, 1.82) is 0 Å². The molecule has 4 amide bonds. The minimum absolute atomic E-state index is 0.107. The Kier molecular flexibility index (Phi) is 12.0. The third-order valence-electron chi connectivity index (χ3n) is 11.2. The number of carbonyl (C=O) groups excluding carboxylic acids is 4. The van der Waals surface area contributed by atoms with Crippen LogP contribution < -0.4 is 10.6 Å². The topological polar surface area (TPSA) is 175 Å². The number of likely N-dealkylation sites (tertiary alicyclic amines) is 2. The zero-order chi connectivity index (χ0) is 41.1. The fourth-order valence-electron chi connectivity index (χ4n) is 8.23. The Morgan fingerprint density at radius 1 is 0.707 bits per heavy atom. The molecule has 2 aromatic heterocycles. The minimum Gasteiger partial charge on any atom is -0.450 e. The molecule has 0 radical (unpaired) electrons. The highest BCUT2D eigenvalue weighted by Gasteiger charge is 2.39. The summed E-state index contributed by atoms with van der Waals surface area (Å²) in [5.41, 5.74) is 5.67. The van der Waals surface area contributed by atoms with Crippen LogP contribution in [-0.2, 0) is 19.1 Å². The van der Waals surface area contributed by atoms with Crippen molar-refractivity contribution in [3.05, 3.63) is 72.4 Å². The fourth-order valence-corrected chi connectivity index (χ4v) is 8.23. The molecular formula is C44H54N8O6. The largest absolute Gasteiger partial charge is 0.450 e. The van der Waals surface area contributed by atoms with Gasteiger partial charge in [-0.05, 0) is 97.5 Å². The third-order valence-corrected chi connectivity index (χ3v) is 11.2. The van der Waals surface area contributed by atoms with Gasteiger partial charge in [0, 0.05) is 18.7 Å². The van der Waals surface area contributed by atoms with Crippen molar-refractivity contribution in [3.63, 3.8) is 0 Å². The van der Waals surface area contributed by atoms with Gasteiger partial charge in [-0.15, -0.1) is 0 Å². The molecule has 4 N–H and O–H groups in total. The minimum atomic E-state index is -0.691. The average Bonchev–Trinajstić information content (AvgIpc) is 4.04. The van der Waals surface area contributed by atoms with E-state index in [1.807, 2.05) is 49.8 Å². The molecule has 14 nitrogen and oxygen atoms in total. The lowest BCUT2D eigenvalue weighted by Crippen LogP contribution is -2.51. The van der Waals surface area contributed by atoms with E-state index in [9.17, 15) is 19.2 Å². The second-order valence-electron chi connectivity index (χ2n) is 15.9. The van der Waals surface area contributed by atoms with Gasteiger partial charge in [0.25, 0.3) is 0 Å². The summed E-state index contributed by atoms with van der Waals surface area (Å²) in [5, 5.41) is 7.68. The number of H-pyrrole nitrogens is 2. The fraction of sp³-hybridized carbons (Fsp3) is 0.455. The molecule has 0 aliphatic carbocycles. The summed E-state index contributed by atoms with van der Waals surface area (Å²) >= 11 is 0. The Morgan fingerprint density at radius 2 is 1.22 bits per heavy atom. The second-order valence-corrected chi connectivity index (χ2v) is 15.9. The second kappa shape index (κ2) is 17.3. The van der Waals surface area contributed by atoms with E-state index in [1.54, 1.807) is 13.8 Å². The summed E-state index contributed by atoms with van der Waals surface area (Å²) in [4.78, 5) is 72.1. The number of imidazole rings is 2. The predicted octanol–water partition coefficient (Wildman–Crippen LogP) is 7.64. The molecule has 14 heteroatoms. The molecule has 0 spiro atoms. The van der Waals surface area contributed by atoms with Crippen molar-refractivity contribution in [2.75, 3.05) is 26.3 Å². The molecule has 0 unspecified atom stereocenters. The average molecular weight is 791 g/mol. The van der Waals surface area contributed by atoms with Crippen molar-refractivity contribution in [3.8, 4) is 22.4 Å². The Hall–Kier alpha value is -5.92. The van der Waals surface area contributed by atoms with Crippen molar-refractivity contribution in [2.45, 2.75) is 91.4 Å². The van der Waals surface area contributed by atoms with Crippen LogP contribution in [0.5, 0.6) is 0 Å². The first-order chi connectivity index (χ1) is 27.9. The van der Waals surface area contributed by atoms with Crippen LogP contribution in [0.4, 0.5) is 9.59 Å². The van der Waals surface area contributed by atoms with E-state index in [2.05, 4.69) is 69.1 Å². The number of ether oxygens (including phenoxy) is 2. The SMILES string of the molecule is CCOC(=O)N[C@H](C(=O)N1CCC[C@H]1c1ncc(-c2ccc3cc(-c4ccc5nc([C@@H]6CCCN6C(=O)[C@@H](NC(=O)OCC)C(C)C)[nH]c5c4)ccc3c2)[nH]1)C(C)C. The first-order valence-electron chi connectivity index (χ1n) is 20.5. The van der Waals surface area contributed by atoms with Crippen molar-refractivity contribution >= 4 is 45.8 Å². The van der Waals surface area contributed by atoms with Gasteiger partial charge in [0.2, 0.25) is 11.8 Å². The molecule has 58 heavy (non-hydrogen) atoms. The van der Waals surface area contributed by atoms with Gasteiger partial charge in [-0.3, -0.25) is 9.59 Å². The number of amides is 4. The van der Waals surface area contributed by atoms with Crippen LogP contribution in [0.25, 0.3) is 44.2 Å². The van der Waals surface area contributed by atoms with E-state index in [0.717, 1.165) is 81.5 Å². The highest BCUT2D eigenvalue weighted by Crippen LogP contribution is 2.36. The molecule has 4 atom stereocenters. The standard InChI is InChI=1S/C44H54N8O6/c1-7-57-43(55)49-37(25(3)4)41(53)51-19-9-11-35(51)39-45-24-34(48-39)31-16-15-27-21-28(13-14-29(27)22-31)30-17-18-32-33(23-30)47-40(46-32)36-12-10-20-52(36)42(54)38(26(5)6)50-44(56)58-8-2/h13-18,21-26,35-38H,7-12,19-20H2,1-6H3,(H,45,48)(H,46,47)(H,49,55)(H,50,56)/t35-,36-,37-,38-/m0/s1. The number of carbonyl (C=O) groups is 4. The summed E-state index contributed by atoms with van der Waals surface area (Å²) in [5.74, 6) is 0.985. The van der Waals surface area contributed by atoms with Gasteiger partial charge in [-0.2, -0.15) is 0 Å². The first-order valence-corrected chi connectivity index (χ1v) is 20.5. The smallest absolute Gasteiger partial charge is 0.407 e. The summed E-state index contributed by atoms with van der Waals surface area (Å²) in [6.45, 7) is 12.8. The van der Waals surface area contributed by atoms with E-state index in [0.29, 0.717) is 13.1 Å². The normalized spacial score (nSPS) is 17.9. The van der Waals surface area contributed by atoms with Crippen LogP contribution in [0.1, 0.15) is 91.0 Å². The zero-order valence-electron chi connectivity index (χ0n) is 34.1. The number of nitrogens with one attached hydrogen (secondary N) is 4. The Bertz CT molecular complexity index is 2300. The number of hydrogen-bond acceptors (Lipinski definition) is 8. The maximum Gasteiger partial charge on any atom is 0.407 e. The van der Waals surface area contributed by atoms with Crippen molar-refractivity contribution in [2.24, 2.45) is 11.8 Å². The molecular weight excluding hydrogens is 737 g/mol. The molecule has 2 aliphatic rings. The molecule has 2 aliphatic heterocycles. The lowest BCUT2D eigenvalue weighted by atomic mass is 9.99. The first kappa shape index (κ1) is 40.3. The number of alkyl carbamates (subject to hydrolysis) is 2. The van der Waals surface area contributed by atoms with Crippen LogP contribution in [0, 0.1) is 11.8 Å². The van der Waals surface area contributed by atoms with Crippen LogP contribution in [0.3, 0.4) is 0 Å². The number of hydrogen-bond donors (Lipinski definition) is 4. The predicted molar refractivity (Wildman–Crippen MR) is 222 cm³/mol. The van der Waals surface area contributed by atoms with Gasteiger partial charge in [-0.1, -0.05) is 58.0 Å². The van der Waals surface area contributed by atoms with Crippen LogP contribution >= 0.6 is 0 Å². The molecule has 0 saturated carbocycles. The maximum atomic E-state index is 13.7. The van der Waals surface area contributed by atoms with Crippen LogP contribution in [0.15, 0.2) is 60.8 Å². The highest BCUT2D eigenvalue weighted by atomic mass is 16.6. The Balaban J connectivity index is 1.06. The van der Waals surface area contributed by atoms with Gasteiger partial charge in [0.05, 0.1) is 48.2 Å². The summed E-state index contributed by atoms with van der Waals surface area (Å²) in [6, 6.07) is 17.1. The number of nitrogens with zero attached hydrogens (tertiary/aromatic N) is 4. The molecule has 7 rings (SSSR count). The van der Waals surface area contributed by atoms with Crippen molar-refractivity contribution in [1.82, 2.24) is 40.4 Å². The van der Waals surface area contributed by atoms with Crippen LogP contribution in [-0.4, -0.2) is 92.1 Å². The summed E-state index contributed by atoms with van der Waals surface area (Å²) < 4.78 is 10.1. The molecule has 0 bridgehead atoms. The summed E-state index contributed by atoms with van der Waals surface area (Å²) in [6.07, 6.45) is 3.90. The molecule has 2 saturated heterocycles. The lowest BCUT2D eigenvalue weighted by molar-refractivity contribution is -0.136. The van der Waals surface area contributed by atoms with Crippen molar-refractivity contribution < 1.29 is 28.7 Å². The van der Waals surface area contributed by atoms with Gasteiger partial charge >= 0.3 is 12.2 Å². The van der Waals surface area contributed by atoms with Gasteiger partial charge in [0.15, 0.2) is 0 Å². The van der Waals surface area contributed by atoms with Gasteiger partial charge < -0.3 is 39.9 Å². The summed E-state index contributed by atoms with van der Waals surface area (Å²) in [7, 11) is 0. The van der Waals surface area contributed by atoms with Gasteiger partial charge in [-0.25, -0.2) is 19.6 Å². The molecule has 5 aromatic rings. The number of benzene rings is 3. The number of fused-ring (bicyclic) bond motifs is 2. The molecule has 306 valence electrons.